The van der Waals surface area contributed by atoms with E-state index in [1.54, 1.807) is 42.7 Å². The van der Waals surface area contributed by atoms with Crippen LogP contribution in [0.15, 0.2) is 53.5 Å². The van der Waals surface area contributed by atoms with Crippen LogP contribution < -0.4 is 0 Å². The van der Waals surface area contributed by atoms with Crippen LogP contribution in [0.3, 0.4) is 0 Å². The number of hydrazone groups is 1. The van der Waals surface area contributed by atoms with E-state index >= 15 is 8.78 Å². The third kappa shape index (κ3) is 3.10. The van der Waals surface area contributed by atoms with Crippen LogP contribution in [0.25, 0.3) is 5.57 Å². The number of methoxy groups -OCH3 is 1. The zero-order valence-electron chi connectivity index (χ0n) is 17.0. The van der Waals surface area contributed by atoms with Crippen LogP contribution in [0.5, 0.6) is 0 Å². The lowest BCUT2D eigenvalue weighted by molar-refractivity contribution is 0.0763. The van der Waals surface area contributed by atoms with E-state index in [1.165, 1.54) is 17.0 Å². The molecule has 2 atom stereocenters. The average Bonchev–Trinajstić information content (AvgIpc) is 3.30. The third-order valence-corrected chi connectivity index (χ3v) is 6.04. The predicted octanol–water partition coefficient (Wildman–Crippen LogP) is 3.36. The van der Waals surface area contributed by atoms with Gasteiger partial charge in [0.05, 0.1) is 37.4 Å². The summed E-state index contributed by atoms with van der Waals surface area (Å²) in [6.45, 7) is 0.0775. The van der Waals surface area contributed by atoms with E-state index < -0.39 is 11.6 Å². The monoisotopic (exact) mass is 422 g/mol. The molecule has 5 rings (SSSR count). The van der Waals surface area contributed by atoms with Crippen LogP contribution >= 0.6 is 0 Å². The number of rotatable bonds is 4. The van der Waals surface area contributed by atoms with Crippen molar-refractivity contribution in [2.75, 3.05) is 14.2 Å². The van der Waals surface area contributed by atoms with E-state index in [2.05, 4.69) is 10.1 Å². The Morgan fingerprint density at radius 3 is 2.71 bits per heavy atom. The molecule has 0 N–H and O–H groups in total. The zero-order valence-corrected chi connectivity index (χ0v) is 17.0. The van der Waals surface area contributed by atoms with Gasteiger partial charge in [0.2, 0.25) is 0 Å². The molecule has 3 aliphatic rings. The van der Waals surface area contributed by atoms with E-state index in [9.17, 15) is 4.79 Å². The number of carbonyl (C=O) groups is 1. The smallest absolute Gasteiger partial charge is 0.256 e. The number of allylic oxidation sites excluding steroid dienone is 2. The number of halogens is 2. The van der Waals surface area contributed by atoms with Crippen LogP contribution in [0, 0.1) is 17.6 Å². The number of hydrogen-bond acceptors (Lipinski definition) is 5. The number of amides is 1. The maximum absolute atomic E-state index is 15.0. The second kappa shape index (κ2) is 7.30. The van der Waals surface area contributed by atoms with Crippen molar-refractivity contribution >= 4 is 17.7 Å². The molecule has 3 heterocycles. The first-order valence-corrected chi connectivity index (χ1v) is 9.92. The fraction of sp³-hybridized carbons (Fsp3) is 0.261. The molecule has 0 spiro atoms. The quantitative estimate of drug-likeness (QED) is 0.758. The van der Waals surface area contributed by atoms with Gasteiger partial charge in [-0.25, -0.2) is 8.78 Å². The molecule has 0 saturated heterocycles. The van der Waals surface area contributed by atoms with Gasteiger partial charge in [0.15, 0.2) is 0 Å². The van der Waals surface area contributed by atoms with Crippen LogP contribution in [0.1, 0.15) is 27.2 Å². The third-order valence-electron chi connectivity index (χ3n) is 6.04. The van der Waals surface area contributed by atoms with E-state index in [0.29, 0.717) is 16.8 Å². The molecular formula is C23H20F2N4O2. The Labute approximate surface area is 178 Å². The minimum Gasteiger partial charge on any atom is -0.499 e. The highest BCUT2D eigenvalue weighted by Gasteiger charge is 2.38. The lowest BCUT2D eigenvalue weighted by Gasteiger charge is -2.30. The van der Waals surface area contributed by atoms with Crippen molar-refractivity contribution < 1.29 is 18.3 Å². The van der Waals surface area contributed by atoms with Gasteiger partial charge in [-0.1, -0.05) is 6.08 Å². The van der Waals surface area contributed by atoms with Crippen molar-refractivity contribution in [2.45, 2.75) is 19.1 Å². The standard InChI is InChI=1S/C23H20F2N4O2/c1-28-22-16(10-27-28)14(5-6-21(22)31-2)13-8-18(24)17(19(25)9-13)11-29-12-20-15(23(29)30)4-3-7-26-20/h3-10,16,22H,11-12H2,1-2H3. The fourth-order valence-electron chi connectivity index (χ4n) is 4.45. The summed E-state index contributed by atoms with van der Waals surface area (Å²) in [5, 5.41) is 6.10. The van der Waals surface area contributed by atoms with Crippen LogP contribution in [-0.2, 0) is 17.8 Å². The number of ether oxygens (including phenoxy) is 1. The van der Waals surface area contributed by atoms with Crippen molar-refractivity contribution in [1.29, 1.82) is 0 Å². The maximum atomic E-state index is 15.0. The molecule has 158 valence electrons. The van der Waals surface area contributed by atoms with Crippen LogP contribution in [0.2, 0.25) is 0 Å². The highest BCUT2D eigenvalue weighted by Crippen LogP contribution is 2.38. The number of likely N-dealkylation sites (N-methyl/N-ethyl adjacent to an activating group) is 1. The summed E-state index contributed by atoms with van der Waals surface area (Å²) in [5.74, 6) is -1.07. The highest BCUT2D eigenvalue weighted by atomic mass is 19.1. The SMILES string of the molecule is COC1=CC=C(c2cc(F)c(CN3Cc4ncccc4C3=O)c(F)c2)C2C=NN(C)C12. The number of fused-ring (bicyclic) bond motifs is 2. The summed E-state index contributed by atoms with van der Waals surface area (Å²) in [7, 11) is 3.43. The zero-order chi connectivity index (χ0) is 21.7. The number of nitrogens with zero attached hydrogens (tertiary/aromatic N) is 4. The summed E-state index contributed by atoms with van der Waals surface area (Å²) in [6.07, 6.45) is 6.98. The highest BCUT2D eigenvalue weighted by molar-refractivity contribution is 5.97. The minimum absolute atomic E-state index is 0.136. The second-order valence-corrected chi connectivity index (χ2v) is 7.78. The minimum atomic E-state index is -0.686. The van der Waals surface area contributed by atoms with Crippen molar-refractivity contribution in [3.8, 4) is 0 Å². The molecule has 8 heteroatoms. The molecular weight excluding hydrogens is 402 g/mol. The number of pyridine rings is 1. The summed E-state index contributed by atoms with van der Waals surface area (Å²) in [6, 6.07) is 5.85. The first-order chi connectivity index (χ1) is 15.0. The van der Waals surface area contributed by atoms with Crippen LogP contribution in [0.4, 0.5) is 8.78 Å². The molecule has 31 heavy (non-hydrogen) atoms. The van der Waals surface area contributed by atoms with Gasteiger partial charge in [0.25, 0.3) is 5.91 Å². The van der Waals surface area contributed by atoms with Gasteiger partial charge in [-0.15, -0.1) is 0 Å². The Morgan fingerprint density at radius 2 is 2.00 bits per heavy atom. The summed E-state index contributed by atoms with van der Waals surface area (Å²) in [5.41, 5.74) is 2.16. The maximum Gasteiger partial charge on any atom is 0.256 e. The molecule has 2 aromatic rings. The number of carbonyl (C=O) groups excluding carboxylic acids is 1. The molecule has 2 unspecified atom stereocenters. The molecule has 6 nitrogen and oxygen atoms in total. The number of aromatic nitrogens is 1. The second-order valence-electron chi connectivity index (χ2n) is 7.78. The van der Waals surface area contributed by atoms with Gasteiger partial charge in [-0.2, -0.15) is 5.10 Å². The van der Waals surface area contributed by atoms with Gasteiger partial charge in [-0.05, 0) is 41.5 Å². The van der Waals surface area contributed by atoms with Crippen molar-refractivity contribution in [2.24, 2.45) is 11.0 Å². The summed E-state index contributed by atoms with van der Waals surface area (Å²) < 4.78 is 35.5. The van der Waals surface area contributed by atoms with Gasteiger partial charge >= 0.3 is 0 Å². The topological polar surface area (TPSA) is 58.0 Å². The van der Waals surface area contributed by atoms with Gasteiger partial charge in [0.1, 0.15) is 23.4 Å². The van der Waals surface area contributed by atoms with E-state index in [4.69, 9.17) is 4.74 Å². The van der Waals surface area contributed by atoms with Gasteiger partial charge < -0.3 is 9.64 Å². The molecule has 0 radical (unpaired) electrons. The Kier molecular flexibility index (Phi) is 4.57. The van der Waals surface area contributed by atoms with Crippen LogP contribution in [-0.4, -0.2) is 47.2 Å². The first kappa shape index (κ1) is 19.4. The Hall–Kier alpha value is -3.55. The van der Waals surface area contributed by atoms with E-state index in [0.717, 1.165) is 11.3 Å². The van der Waals surface area contributed by atoms with Crippen molar-refractivity contribution in [1.82, 2.24) is 14.9 Å². The van der Waals surface area contributed by atoms with Gasteiger partial charge in [0, 0.05) is 25.0 Å². The molecule has 1 aromatic carbocycles. The molecule has 1 amide bonds. The van der Waals surface area contributed by atoms with Gasteiger partial charge in [-0.3, -0.25) is 14.8 Å². The van der Waals surface area contributed by atoms with Crippen molar-refractivity contribution in [3.63, 3.8) is 0 Å². The molecule has 1 aromatic heterocycles. The van der Waals surface area contributed by atoms with E-state index in [1.807, 2.05) is 13.1 Å². The fourth-order valence-corrected chi connectivity index (χ4v) is 4.45. The lowest BCUT2D eigenvalue weighted by Crippen LogP contribution is -2.34. The molecule has 0 fully saturated rings. The largest absolute Gasteiger partial charge is 0.499 e. The van der Waals surface area contributed by atoms with E-state index in [-0.39, 0.29) is 36.5 Å². The average molecular weight is 422 g/mol. The summed E-state index contributed by atoms with van der Waals surface area (Å²) in [4.78, 5) is 18.1. The normalized spacial score (nSPS) is 21.7. The molecule has 1 aliphatic carbocycles. The number of hydrogen-bond donors (Lipinski definition) is 0. The number of benzene rings is 1. The molecule has 0 saturated carbocycles. The summed E-state index contributed by atoms with van der Waals surface area (Å²) >= 11 is 0. The lowest BCUT2D eigenvalue weighted by atomic mass is 9.83. The molecule has 0 bridgehead atoms. The first-order valence-electron chi connectivity index (χ1n) is 9.92. The Balaban J connectivity index is 1.44. The Morgan fingerprint density at radius 1 is 1.23 bits per heavy atom. The van der Waals surface area contributed by atoms with Crippen molar-refractivity contribution in [3.05, 3.63) is 82.4 Å². The Bertz CT molecular complexity index is 1150. The predicted molar refractivity (Wildman–Crippen MR) is 111 cm³/mol. The molecule has 2 aliphatic heterocycles.